The highest BCUT2D eigenvalue weighted by molar-refractivity contribution is 4.63. The van der Waals surface area contributed by atoms with Gasteiger partial charge < -0.3 is 10.0 Å². The summed E-state index contributed by atoms with van der Waals surface area (Å²) < 4.78 is 0. The van der Waals surface area contributed by atoms with E-state index in [1.54, 1.807) is 0 Å². The smallest absolute Gasteiger partial charge is 0.0664 e. The standard InChI is InChI=1S/C10H23NO/c1-5-10(12)8-11(6-2)7-9(3)4/h9-10,12H,5-8H2,1-4H3. The Kier molecular flexibility index (Phi) is 6.39. The van der Waals surface area contributed by atoms with Gasteiger partial charge in [0.25, 0.3) is 0 Å². The topological polar surface area (TPSA) is 23.5 Å². The summed E-state index contributed by atoms with van der Waals surface area (Å²) in [5, 5.41) is 9.43. The molecule has 0 saturated carbocycles. The Morgan fingerprint density at radius 2 is 1.75 bits per heavy atom. The Bertz CT molecular complexity index is 104. The quantitative estimate of drug-likeness (QED) is 0.661. The zero-order chi connectivity index (χ0) is 9.56. The van der Waals surface area contributed by atoms with Crippen molar-refractivity contribution in [2.45, 2.75) is 40.2 Å². The maximum absolute atomic E-state index is 9.43. The van der Waals surface area contributed by atoms with E-state index >= 15 is 0 Å². The van der Waals surface area contributed by atoms with Crippen LogP contribution >= 0.6 is 0 Å². The van der Waals surface area contributed by atoms with Gasteiger partial charge in [-0.25, -0.2) is 0 Å². The summed E-state index contributed by atoms with van der Waals surface area (Å²) in [6, 6.07) is 0. The first-order valence-electron chi connectivity index (χ1n) is 5.00. The third-order valence-electron chi connectivity index (χ3n) is 2.01. The number of aliphatic hydroxyl groups is 1. The van der Waals surface area contributed by atoms with Crippen molar-refractivity contribution in [2.75, 3.05) is 19.6 Å². The van der Waals surface area contributed by atoms with E-state index in [0.29, 0.717) is 5.92 Å². The predicted molar refractivity (Wildman–Crippen MR) is 53.2 cm³/mol. The van der Waals surface area contributed by atoms with E-state index < -0.39 is 0 Å². The molecule has 0 amide bonds. The van der Waals surface area contributed by atoms with Gasteiger partial charge in [-0.05, 0) is 18.9 Å². The Hall–Kier alpha value is -0.0800. The molecule has 0 aromatic rings. The summed E-state index contributed by atoms with van der Waals surface area (Å²) in [6.07, 6.45) is 0.706. The fourth-order valence-electron chi connectivity index (χ4n) is 1.28. The van der Waals surface area contributed by atoms with Crippen LogP contribution in [0.15, 0.2) is 0 Å². The first-order valence-corrected chi connectivity index (χ1v) is 5.00. The summed E-state index contributed by atoms with van der Waals surface area (Å²) >= 11 is 0. The Morgan fingerprint density at radius 1 is 1.17 bits per heavy atom. The molecule has 1 N–H and O–H groups in total. The highest BCUT2D eigenvalue weighted by atomic mass is 16.3. The lowest BCUT2D eigenvalue weighted by Crippen LogP contribution is -2.34. The summed E-state index contributed by atoms with van der Waals surface area (Å²) in [5.41, 5.74) is 0. The number of nitrogens with zero attached hydrogens (tertiary/aromatic N) is 1. The lowest BCUT2D eigenvalue weighted by Gasteiger charge is -2.24. The van der Waals surface area contributed by atoms with Crippen LogP contribution in [0.2, 0.25) is 0 Å². The van der Waals surface area contributed by atoms with Gasteiger partial charge in [0.2, 0.25) is 0 Å². The van der Waals surface area contributed by atoms with Crippen LogP contribution in [0.1, 0.15) is 34.1 Å². The first-order chi connectivity index (χ1) is 5.60. The van der Waals surface area contributed by atoms with Crippen LogP contribution in [0.3, 0.4) is 0 Å². The molecular weight excluding hydrogens is 150 g/mol. The number of rotatable bonds is 6. The molecule has 74 valence electrons. The lowest BCUT2D eigenvalue weighted by atomic mass is 10.2. The second kappa shape index (κ2) is 6.44. The molecule has 0 spiro atoms. The van der Waals surface area contributed by atoms with E-state index in [4.69, 9.17) is 0 Å². The number of hydrogen-bond acceptors (Lipinski definition) is 2. The van der Waals surface area contributed by atoms with Gasteiger partial charge in [0.1, 0.15) is 0 Å². The van der Waals surface area contributed by atoms with Crippen molar-refractivity contribution in [1.29, 1.82) is 0 Å². The average Bonchev–Trinajstić information content (AvgIpc) is 2.02. The van der Waals surface area contributed by atoms with E-state index in [0.717, 1.165) is 26.1 Å². The number of hydrogen-bond donors (Lipinski definition) is 1. The molecular formula is C10H23NO. The lowest BCUT2D eigenvalue weighted by molar-refractivity contribution is 0.106. The Morgan fingerprint density at radius 3 is 2.08 bits per heavy atom. The van der Waals surface area contributed by atoms with Gasteiger partial charge in [0, 0.05) is 13.1 Å². The Balaban J connectivity index is 3.66. The maximum atomic E-state index is 9.43. The normalized spacial score (nSPS) is 14.2. The summed E-state index contributed by atoms with van der Waals surface area (Å²) in [5.74, 6) is 0.689. The largest absolute Gasteiger partial charge is 0.392 e. The van der Waals surface area contributed by atoms with Crippen molar-refractivity contribution in [3.63, 3.8) is 0 Å². The molecule has 2 heteroatoms. The first kappa shape index (κ1) is 11.9. The monoisotopic (exact) mass is 173 g/mol. The van der Waals surface area contributed by atoms with Gasteiger partial charge in [-0.1, -0.05) is 27.7 Å². The van der Waals surface area contributed by atoms with Gasteiger partial charge in [0.15, 0.2) is 0 Å². The zero-order valence-corrected chi connectivity index (χ0v) is 8.88. The van der Waals surface area contributed by atoms with Gasteiger partial charge in [-0.3, -0.25) is 0 Å². The van der Waals surface area contributed by atoms with Crippen molar-refractivity contribution >= 4 is 0 Å². The fraction of sp³-hybridized carbons (Fsp3) is 1.00. The second-order valence-corrected chi connectivity index (χ2v) is 3.81. The van der Waals surface area contributed by atoms with Crippen LogP contribution in [-0.2, 0) is 0 Å². The molecule has 0 rings (SSSR count). The van der Waals surface area contributed by atoms with Crippen LogP contribution < -0.4 is 0 Å². The molecule has 12 heavy (non-hydrogen) atoms. The fourth-order valence-corrected chi connectivity index (χ4v) is 1.28. The van der Waals surface area contributed by atoms with E-state index in [1.165, 1.54) is 0 Å². The van der Waals surface area contributed by atoms with Crippen molar-refractivity contribution in [1.82, 2.24) is 4.90 Å². The molecule has 0 heterocycles. The molecule has 0 saturated heterocycles. The molecule has 0 aromatic carbocycles. The summed E-state index contributed by atoms with van der Waals surface area (Å²) in [7, 11) is 0. The van der Waals surface area contributed by atoms with Crippen molar-refractivity contribution < 1.29 is 5.11 Å². The van der Waals surface area contributed by atoms with E-state index in [-0.39, 0.29) is 6.10 Å². The molecule has 0 bridgehead atoms. The number of likely N-dealkylation sites (N-methyl/N-ethyl adjacent to an activating group) is 1. The van der Waals surface area contributed by atoms with Gasteiger partial charge >= 0.3 is 0 Å². The minimum atomic E-state index is -0.149. The molecule has 0 aliphatic heterocycles. The molecule has 0 radical (unpaired) electrons. The molecule has 1 unspecified atom stereocenters. The van der Waals surface area contributed by atoms with Crippen LogP contribution in [0.5, 0.6) is 0 Å². The van der Waals surface area contributed by atoms with Crippen LogP contribution in [-0.4, -0.2) is 35.7 Å². The summed E-state index contributed by atoms with van der Waals surface area (Å²) in [4.78, 5) is 2.30. The maximum Gasteiger partial charge on any atom is 0.0664 e. The number of aliphatic hydroxyl groups excluding tert-OH is 1. The summed E-state index contributed by atoms with van der Waals surface area (Å²) in [6.45, 7) is 11.5. The van der Waals surface area contributed by atoms with Crippen molar-refractivity contribution in [3.8, 4) is 0 Å². The molecule has 0 fully saturated rings. The van der Waals surface area contributed by atoms with Gasteiger partial charge in [-0.2, -0.15) is 0 Å². The van der Waals surface area contributed by atoms with Crippen molar-refractivity contribution in [2.24, 2.45) is 5.92 Å². The molecule has 0 aliphatic carbocycles. The Labute approximate surface area is 76.6 Å². The van der Waals surface area contributed by atoms with Gasteiger partial charge in [-0.15, -0.1) is 0 Å². The average molecular weight is 173 g/mol. The molecule has 0 aromatic heterocycles. The molecule has 0 aliphatic rings. The highest BCUT2D eigenvalue weighted by Gasteiger charge is 2.09. The minimum absolute atomic E-state index is 0.149. The van der Waals surface area contributed by atoms with E-state index in [1.807, 2.05) is 6.92 Å². The van der Waals surface area contributed by atoms with Gasteiger partial charge in [0.05, 0.1) is 6.10 Å². The second-order valence-electron chi connectivity index (χ2n) is 3.81. The van der Waals surface area contributed by atoms with Crippen LogP contribution in [0.25, 0.3) is 0 Å². The minimum Gasteiger partial charge on any atom is -0.392 e. The third-order valence-corrected chi connectivity index (χ3v) is 2.01. The van der Waals surface area contributed by atoms with Crippen LogP contribution in [0.4, 0.5) is 0 Å². The van der Waals surface area contributed by atoms with Crippen LogP contribution in [0, 0.1) is 5.92 Å². The molecule has 2 nitrogen and oxygen atoms in total. The highest BCUT2D eigenvalue weighted by Crippen LogP contribution is 2.01. The molecule has 1 atom stereocenters. The SMILES string of the molecule is CCC(O)CN(CC)CC(C)C. The zero-order valence-electron chi connectivity index (χ0n) is 8.88. The predicted octanol–water partition coefficient (Wildman–Crippen LogP) is 1.74. The van der Waals surface area contributed by atoms with E-state index in [2.05, 4.69) is 25.7 Å². The third kappa shape index (κ3) is 5.56. The van der Waals surface area contributed by atoms with E-state index in [9.17, 15) is 5.11 Å². The van der Waals surface area contributed by atoms with Crippen molar-refractivity contribution in [3.05, 3.63) is 0 Å².